The van der Waals surface area contributed by atoms with Crippen LogP contribution in [0.2, 0.25) is 0 Å². The molecule has 0 spiro atoms. The van der Waals surface area contributed by atoms with Crippen molar-refractivity contribution in [1.29, 1.82) is 0 Å². The van der Waals surface area contributed by atoms with E-state index in [9.17, 15) is 9.59 Å². The Morgan fingerprint density at radius 1 is 1.33 bits per heavy atom. The second-order valence-electron chi connectivity index (χ2n) is 3.69. The number of aliphatic hydroxyl groups excluding tert-OH is 1. The lowest BCUT2D eigenvalue weighted by molar-refractivity contribution is -0.131. The van der Waals surface area contributed by atoms with Gasteiger partial charge in [-0.25, -0.2) is 9.59 Å². The van der Waals surface area contributed by atoms with Crippen LogP contribution in [-0.2, 0) is 11.4 Å². The van der Waals surface area contributed by atoms with Crippen molar-refractivity contribution in [2.24, 2.45) is 0 Å². The van der Waals surface area contributed by atoms with Crippen LogP contribution >= 0.6 is 0 Å². The van der Waals surface area contributed by atoms with E-state index in [0.29, 0.717) is 16.5 Å². The number of fused-ring (bicyclic) bond motifs is 1. The van der Waals surface area contributed by atoms with Gasteiger partial charge in [0.2, 0.25) is 0 Å². The number of carboxylic acid groups (broad SMARTS) is 1. The Balaban J connectivity index is 2.58. The predicted octanol–water partition coefficient (Wildman–Crippen LogP) is 1.38. The molecule has 18 heavy (non-hydrogen) atoms. The number of aliphatic hydroxyl groups is 1. The van der Waals surface area contributed by atoms with Gasteiger partial charge in [0, 0.05) is 11.5 Å². The summed E-state index contributed by atoms with van der Waals surface area (Å²) in [5.41, 5.74) is 0.630. The molecule has 0 unspecified atom stereocenters. The molecule has 1 aromatic carbocycles. The minimum atomic E-state index is -1.14. The Kier molecular flexibility index (Phi) is 3.25. The number of aliphatic carboxylic acids is 1. The molecular weight excluding hydrogens is 236 g/mol. The Morgan fingerprint density at radius 2 is 2.11 bits per heavy atom. The van der Waals surface area contributed by atoms with Crippen LogP contribution in [0.1, 0.15) is 11.1 Å². The summed E-state index contributed by atoms with van der Waals surface area (Å²) in [5.74, 6) is -1.14. The summed E-state index contributed by atoms with van der Waals surface area (Å²) < 4.78 is 5.04. The van der Waals surface area contributed by atoms with Crippen molar-refractivity contribution in [3.8, 4) is 0 Å². The predicted molar refractivity (Wildman–Crippen MR) is 65.1 cm³/mol. The lowest BCUT2D eigenvalue weighted by Crippen LogP contribution is -2.03. The van der Waals surface area contributed by atoms with Crippen LogP contribution in [-0.4, -0.2) is 16.2 Å². The van der Waals surface area contributed by atoms with Gasteiger partial charge in [-0.1, -0.05) is 6.07 Å². The molecule has 2 rings (SSSR count). The summed E-state index contributed by atoms with van der Waals surface area (Å²) in [6, 6.07) is 6.45. The van der Waals surface area contributed by atoms with E-state index in [0.717, 1.165) is 6.08 Å². The van der Waals surface area contributed by atoms with Crippen molar-refractivity contribution in [3.05, 3.63) is 51.9 Å². The molecule has 5 heteroatoms. The molecule has 92 valence electrons. The topological polar surface area (TPSA) is 87.7 Å². The molecule has 0 aliphatic rings. The standard InChI is InChI=1S/C13H10O5/c14-7-8-1-3-11-10(5-8)6-9(13(17)18-11)2-4-12(15)16/h1-6,14H,7H2,(H,15,16). The highest BCUT2D eigenvalue weighted by atomic mass is 16.4. The van der Waals surface area contributed by atoms with Gasteiger partial charge in [-0.3, -0.25) is 0 Å². The first-order valence-corrected chi connectivity index (χ1v) is 5.19. The lowest BCUT2D eigenvalue weighted by atomic mass is 10.1. The molecule has 0 atom stereocenters. The summed E-state index contributed by atoms with van der Waals surface area (Å²) in [6.07, 6.45) is 2.05. The van der Waals surface area contributed by atoms with Crippen molar-refractivity contribution in [2.75, 3.05) is 0 Å². The van der Waals surface area contributed by atoms with Crippen LogP contribution in [0.4, 0.5) is 0 Å². The molecule has 5 nitrogen and oxygen atoms in total. The van der Waals surface area contributed by atoms with Gasteiger partial charge in [0.25, 0.3) is 0 Å². The summed E-state index contributed by atoms with van der Waals surface area (Å²) in [4.78, 5) is 21.9. The first-order valence-electron chi connectivity index (χ1n) is 5.19. The van der Waals surface area contributed by atoms with Crippen LogP contribution in [0.5, 0.6) is 0 Å². The van der Waals surface area contributed by atoms with Crippen LogP contribution in [0, 0.1) is 0 Å². The average Bonchev–Trinajstić information content (AvgIpc) is 2.35. The maximum Gasteiger partial charge on any atom is 0.343 e. The third kappa shape index (κ3) is 2.46. The monoisotopic (exact) mass is 246 g/mol. The molecule has 1 aromatic heterocycles. The van der Waals surface area contributed by atoms with Crippen molar-refractivity contribution in [3.63, 3.8) is 0 Å². The van der Waals surface area contributed by atoms with Crippen molar-refractivity contribution < 1.29 is 19.4 Å². The largest absolute Gasteiger partial charge is 0.478 e. The molecule has 0 bridgehead atoms. The lowest BCUT2D eigenvalue weighted by Gasteiger charge is -2.00. The SMILES string of the molecule is O=C(O)C=Cc1cc2cc(CO)ccc2oc1=O. The van der Waals surface area contributed by atoms with Crippen molar-refractivity contribution in [1.82, 2.24) is 0 Å². The highest BCUT2D eigenvalue weighted by Gasteiger charge is 2.04. The summed E-state index contributed by atoms with van der Waals surface area (Å²) in [7, 11) is 0. The van der Waals surface area contributed by atoms with Crippen LogP contribution in [0.3, 0.4) is 0 Å². The zero-order valence-corrected chi connectivity index (χ0v) is 9.29. The third-order valence-electron chi connectivity index (χ3n) is 2.41. The fraction of sp³-hybridized carbons (Fsp3) is 0.0769. The fourth-order valence-electron chi connectivity index (χ4n) is 1.56. The number of hydrogen-bond donors (Lipinski definition) is 2. The highest BCUT2D eigenvalue weighted by Crippen LogP contribution is 2.16. The molecule has 0 saturated carbocycles. The van der Waals surface area contributed by atoms with E-state index in [-0.39, 0.29) is 12.2 Å². The van der Waals surface area contributed by atoms with Gasteiger partial charge in [-0.05, 0) is 29.8 Å². The van der Waals surface area contributed by atoms with E-state index in [1.807, 2.05) is 0 Å². The van der Waals surface area contributed by atoms with Gasteiger partial charge in [-0.15, -0.1) is 0 Å². The summed E-state index contributed by atoms with van der Waals surface area (Å²) in [5, 5.41) is 18.2. The molecule has 0 amide bonds. The van der Waals surface area contributed by atoms with Gasteiger partial charge >= 0.3 is 11.6 Å². The second kappa shape index (κ2) is 4.85. The van der Waals surface area contributed by atoms with Gasteiger partial charge in [0.05, 0.1) is 12.2 Å². The zero-order chi connectivity index (χ0) is 13.1. The maximum atomic E-state index is 11.5. The Hall–Kier alpha value is -2.40. The fourth-order valence-corrected chi connectivity index (χ4v) is 1.56. The highest BCUT2D eigenvalue weighted by molar-refractivity contribution is 5.86. The summed E-state index contributed by atoms with van der Waals surface area (Å²) >= 11 is 0. The normalized spacial score (nSPS) is 11.2. The molecule has 0 aliphatic carbocycles. The Morgan fingerprint density at radius 3 is 2.78 bits per heavy atom. The Labute approximate surface area is 102 Å². The molecular formula is C13H10O5. The zero-order valence-electron chi connectivity index (χ0n) is 9.29. The van der Waals surface area contributed by atoms with E-state index < -0.39 is 11.6 Å². The molecule has 0 aliphatic heterocycles. The van der Waals surface area contributed by atoms with Crippen molar-refractivity contribution in [2.45, 2.75) is 6.61 Å². The molecule has 0 radical (unpaired) electrons. The average molecular weight is 246 g/mol. The minimum Gasteiger partial charge on any atom is -0.478 e. The van der Waals surface area contributed by atoms with E-state index >= 15 is 0 Å². The van der Waals surface area contributed by atoms with E-state index in [4.69, 9.17) is 14.6 Å². The quantitative estimate of drug-likeness (QED) is 0.631. The smallest absolute Gasteiger partial charge is 0.343 e. The number of rotatable bonds is 3. The van der Waals surface area contributed by atoms with Crippen molar-refractivity contribution >= 4 is 23.0 Å². The second-order valence-corrected chi connectivity index (χ2v) is 3.69. The minimum absolute atomic E-state index is 0.116. The maximum absolute atomic E-state index is 11.5. The van der Waals surface area contributed by atoms with E-state index in [1.165, 1.54) is 12.1 Å². The molecule has 2 N–H and O–H groups in total. The van der Waals surface area contributed by atoms with E-state index in [2.05, 4.69) is 0 Å². The van der Waals surface area contributed by atoms with E-state index in [1.54, 1.807) is 18.2 Å². The van der Waals surface area contributed by atoms with Crippen LogP contribution in [0.15, 0.2) is 39.6 Å². The third-order valence-corrected chi connectivity index (χ3v) is 2.41. The molecule has 1 heterocycles. The summed E-state index contributed by atoms with van der Waals surface area (Å²) in [6.45, 7) is -0.116. The molecule has 2 aromatic rings. The van der Waals surface area contributed by atoms with Gasteiger partial charge in [0.15, 0.2) is 0 Å². The van der Waals surface area contributed by atoms with Gasteiger partial charge in [0.1, 0.15) is 5.58 Å². The number of hydrogen-bond acceptors (Lipinski definition) is 4. The number of carboxylic acids is 1. The van der Waals surface area contributed by atoms with Crippen LogP contribution in [0.25, 0.3) is 17.0 Å². The molecule has 0 saturated heterocycles. The number of benzene rings is 1. The van der Waals surface area contributed by atoms with Gasteiger partial charge in [-0.2, -0.15) is 0 Å². The first-order chi connectivity index (χ1) is 8.60. The molecule has 0 fully saturated rings. The first kappa shape index (κ1) is 12.1. The number of carbonyl (C=O) groups is 1. The van der Waals surface area contributed by atoms with Crippen LogP contribution < -0.4 is 5.63 Å². The van der Waals surface area contributed by atoms with Gasteiger partial charge < -0.3 is 14.6 Å². The Bertz CT molecular complexity index is 681.